The first-order valence-corrected chi connectivity index (χ1v) is 7.70. The predicted octanol–water partition coefficient (Wildman–Crippen LogP) is 1.34. The van der Waals surface area contributed by atoms with E-state index < -0.39 is 26.6 Å². The van der Waals surface area contributed by atoms with Crippen LogP contribution in [0.3, 0.4) is 0 Å². The molecule has 0 unspecified atom stereocenters. The third-order valence-electron chi connectivity index (χ3n) is 2.32. The Morgan fingerprint density at radius 1 is 1.47 bits per heavy atom. The third kappa shape index (κ3) is 3.99. The van der Waals surface area contributed by atoms with Crippen molar-refractivity contribution >= 4 is 31.9 Å². The highest BCUT2D eigenvalue weighted by molar-refractivity contribution is 9.10. The molecule has 0 spiro atoms. The highest BCUT2D eigenvalue weighted by Gasteiger charge is 2.25. The van der Waals surface area contributed by atoms with Crippen molar-refractivity contribution in [3.8, 4) is 0 Å². The number of halogens is 2. The summed E-state index contributed by atoms with van der Waals surface area (Å²) >= 11 is 3.05. The van der Waals surface area contributed by atoms with E-state index in [1.165, 1.54) is 13.1 Å². The van der Waals surface area contributed by atoms with Crippen LogP contribution in [0, 0.1) is 5.82 Å². The number of nitrogens with one attached hydrogen (secondary N) is 1. The minimum absolute atomic E-state index is 0.355. The normalized spacial score (nSPS) is 11.6. The second-order valence-corrected chi connectivity index (χ2v) is 6.72. The molecule has 0 aromatic heterocycles. The Hall–Kier alpha value is -0.990. The molecule has 0 saturated heterocycles. The molecular weight excluding hydrogens is 339 g/mol. The topological polar surface area (TPSA) is 66.5 Å². The minimum Gasteiger partial charge on any atom is -0.355 e. The Labute approximate surface area is 120 Å². The van der Waals surface area contributed by atoms with Crippen molar-refractivity contribution < 1.29 is 17.6 Å². The fraction of sp³-hybridized carbons (Fsp3) is 0.364. The van der Waals surface area contributed by atoms with Crippen molar-refractivity contribution in [2.45, 2.75) is 11.8 Å². The lowest BCUT2D eigenvalue weighted by Gasteiger charge is -2.17. The number of carbonyl (C=O) groups excluding carboxylic acids is 1. The number of rotatable bonds is 5. The van der Waals surface area contributed by atoms with Gasteiger partial charge in [-0.3, -0.25) is 4.79 Å². The Kier molecular flexibility index (Phi) is 5.45. The van der Waals surface area contributed by atoms with Crippen molar-refractivity contribution in [2.75, 3.05) is 20.1 Å². The first kappa shape index (κ1) is 16.1. The molecule has 1 rings (SSSR count). The van der Waals surface area contributed by atoms with Gasteiger partial charge < -0.3 is 5.32 Å². The average Bonchev–Trinajstić information content (AvgIpc) is 2.28. The van der Waals surface area contributed by atoms with E-state index in [0.29, 0.717) is 11.0 Å². The largest absolute Gasteiger partial charge is 0.355 e. The molecule has 0 saturated carbocycles. The van der Waals surface area contributed by atoms with Gasteiger partial charge in [0.05, 0.1) is 6.54 Å². The number of benzene rings is 1. The molecule has 0 aliphatic carbocycles. The molecule has 19 heavy (non-hydrogen) atoms. The summed E-state index contributed by atoms with van der Waals surface area (Å²) < 4.78 is 39.1. The molecule has 0 fully saturated rings. The highest BCUT2D eigenvalue weighted by Crippen LogP contribution is 2.21. The lowest BCUT2D eigenvalue weighted by Crippen LogP contribution is -2.38. The molecule has 0 atom stereocenters. The monoisotopic (exact) mass is 352 g/mol. The van der Waals surface area contributed by atoms with Gasteiger partial charge in [-0.15, -0.1) is 0 Å². The van der Waals surface area contributed by atoms with Gasteiger partial charge in [0.25, 0.3) is 0 Å². The zero-order chi connectivity index (χ0) is 14.6. The molecule has 1 aromatic rings. The molecule has 1 aromatic carbocycles. The first-order chi connectivity index (χ1) is 8.78. The van der Waals surface area contributed by atoms with E-state index in [4.69, 9.17) is 0 Å². The van der Waals surface area contributed by atoms with Gasteiger partial charge in [0, 0.05) is 18.1 Å². The van der Waals surface area contributed by atoms with Crippen molar-refractivity contribution in [3.05, 3.63) is 28.5 Å². The fourth-order valence-corrected chi connectivity index (χ4v) is 2.89. The lowest BCUT2D eigenvalue weighted by atomic mass is 10.3. The fourth-order valence-electron chi connectivity index (χ4n) is 1.39. The van der Waals surface area contributed by atoms with Crippen LogP contribution in [0.5, 0.6) is 0 Å². The van der Waals surface area contributed by atoms with Crippen molar-refractivity contribution in [1.82, 2.24) is 9.62 Å². The maximum Gasteiger partial charge on any atom is 0.246 e. The second-order valence-electron chi connectivity index (χ2n) is 3.79. The van der Waals surface area contributed by atoms with Crippen LogP contribution < -0.4 is 5.32 Å². The Morgan fingerprint density at radius 2 is 2.11 bits per heavy atom. The quantitative estimate of drug-likeness (QED) is 0.869. The molecule has 0 heterocycles. The van der Waals surface area contributed by atoms with Crippen LogP contribution in [0.4, 0.5) is 4.39 Å². The Morgan fingerprint density at radius 3 is 2.63 bits per heavy atom. The Balaban J connectivity index is 3.00. The summed E-state index contributed by atoms with van der Waals surface area (Å²) in [5.41, 5.74) is 0. The van der Waals surface area contributed by atoms with Gasteiger partial charge in [0.15, 0.2) is 0 Å². The van der Waals surface area contributed by atoms with E-state index in [9.17, 15) is 17.6 Å². The van der Waals surface area contributed by atoms with Gasteiger partial charge in [0.1, 0.15) is 10.7 Å². The maximum atomic E-state index is 13.7. The summed E-state index contributed by atoms with van der Waals surface area (Å²) in [5, 5.41) is 2.48. The van der Waals surface area contributed by atoms with E-state index in [2.05, 4.69) is 21.2 Å². The van der Waals surface area contributed by atoms with E-state index in [0.717, 1.165) is 16.4 Å². The van der Waals surface area contributed by atoms with Gasteiger partial charge in [-0.25, -0.2) is 12.8 Å². The SMILES string of the molecule is CCNC(=O)CN(C)S(=O)(=O)c1ccc(Br)cc1F. The van der Waals surface area contributed by atoms with Crippen LogP contribution in [0.2, 0.25) is 0 Å². The molecule has 106 valence electrons. The predicted molar refractivity (Wildman–Crippen MR) is 72.6 cm³/mol. The number of nitrogens with zero attached hydrogens (tertiary/aromatic N) is 1. The van der Waals surface area contributed by atoms with Crippen molar-refractivity contribution in [2.24, 2.45) is 0 Å². The molecule has 8 heteroatoms. The van der Waals surface area contributed by atoms with Gasteiger partial charge in [-0.1, -0.05) is 15.9 Å². The van der Waals surface area contributed by atoms with E-state index in [1.54, 1.807) is 6.92 Å². The number of hydrogen-bond donors (Lipinski definition) is 1. The van der Waals surface area contributed by atoms with Crippen LogP contribution in [-0.4, -0.2) is 38.8 Å². The van der Waals surface area contributed by atoms with Crippen LogP contribution in [-0.2, 0) is 14.8 Å². The summed E-state index contributed by atoms with van der Waals surface area (Å²) in [4.78, 5) is 10.9. The smallest absolute Gasteiger partial charge is 0.246 e. The number of amides is 1. The average molecular weight is 353 g/mol. The maximum absolute atomic E-state index is 13.7. The van der Waals surface area contributed by atoms with Crippen molar-refractivity contribution in [1.29, 1.82) is 0 Å². The zero-order valence-corrected chi connectivity index (χ0v) is 12.9. The van der Waals surface area contributed by atoms with Crippen molar-refractivity contribution in [3.63, 3.8) is 0 Å². The van der Waals surface area contributed by atoms with E-state index >= 15 is 0 Å². The summed E-state index contributed by atoms with van der Waals surface area (Å²) in [7, 11) is -2.79. The van der Waals surface area contributed by atoms with Gasteiger partial charge in [0.2, 0.25) is 15.9 Å². The molecular formula is C11H14BrFN2O3S. The number of carbonyl (C=O) groups is 1. The second kappa shape index (κ2) is 6.44. The number of sulfonamides is 1. The molecule has 0 aliphatic rings. The first-order valence-electron chi connectivity index (χ1n) is 5.47. The summed E-state index contributed by atoms with van der Waals surface area (Å²) in [5.74, 6) is -1.30. The number of hydrogen-bond acceptors (Lipinski definition) is 3. The van der Waals surface area contributed by atoms with Gasteiger partial charge in [-0.2, -0.15) is 4.31 Å². The molecule has 1 N–H and O–H groups in total. The molecule has 0 bridgehead atoms. The lowest BCUT2D eigenvalue weighted by molar-refractivity contribution is -0.121. The summed E-state index contributed by atoms with van der Waals surface area (Å²) in [6, 6.07) is 3.64. The summed E-state index contributed by atoms with van der Waals surface area (Å²) in [6.45, 7) is 1.77. The van der Waals surface area contributed by atoms with E-state index in [1.807, 2.05) is 0 Å². The van der Waals surface area contributed by atoms with E-state index in [-0.39, 0.29) is 6.54 Å². The third-order valence-corrected chi connectivity index (χ3v) is 4.65. The van der Waals surface area contributed by atoms with Gasteiger partial charge in [-0.05, 0) is 25.1 Å². The van der Waals surface area contributed by atoms with Crippen LogP contribution >= 0.6 is 15.9 Å². The van der Waals surface area contributed by atoms with Crippen LogP contribution in [0.1, 0.15) is 6.92 Å². The molecule has 1 amide bonds. The summed E-state index contributed by atoms with van der Waals surface area (Å²) in [6.07, 6.45) is 0. The molecule has 5 nitrogen and oxygen atoms in total. The van der Waals surface area contributed by atoms with Crippen LogP contribution in [0.25, 0.3) is 0 Å². The highest BCUT2D eigenvalue weighted by atomic mass is 79.9. The zero-order valence-electron chi connectivity index (χ0n) is 10.5. The van der Waals surface area contributed by atoms with Crippen LogP contribution in [0.15, 0.2) is 27.6 Å². The molecule has 0 aliphatic heterocycles. The standard InChI is InChI=1S/C11H14BrFN2O3S/c1-3-14-11(16)7-15(2)19(17,18)10-5-4-8(12)6-9(10)13/h4-6H,3,7H2,1-2H3,(H,14,16). The number of likely N-dealkylation sites (N-methyl/N-ethyl adjacent to an activating group) is 2. The Bertz CT molecular complexity index is 577. The minimum atomic E-state index is -4.02. The molecule has 0 radical (unpaired) electrons. The van der Waals surface area contributed by atoms with Gasteiger partial charge >= 0.3 is 0 Å².